The topological polar surface area (TPSA) is 38.9 Å². The minimum absolute atomic E-state index is 0.302. The molecule has 1 aromatic heterocycles. The first-order valence-corrected chi connectivity index (χ1v) is 5.51. The molecule has 0 bridgehead atoms. The summed E-state index contributed by atoms with van der Waals surface area (Å²) in [6, 6.07) is 1.43. The summed E-state index contributed by atoms with van der Waals surface area (Å²) in [7, 11) is 0. The molecule has 0 amide bonds. The smallest absolute Gasteiger partial charge is 0.147 e. The first-order valence-electron chi connectivity index (χ1n) is 4.72. The third-order valence-corrected chi connectivity index (χ3v) is 3.21. The summed E-state index contributed by atoms with van der Waals surface area (Å²) in [6.45, 7) is 0. The van der Waals surface area contributed by atoms with Gasteiger partial charge in [0.2, 0.25) is 0 Å². The lowest BCUT2D eigenvalue weighted by atomic mass is 9.94. The van der Waals surface area contributed by atoms with Crippen LogP contribution in [0, 0.1) is 5.82 Å². The van der Waals surface area contributed by atoms with Crippen LogP contribution in [0.5, 0.6) is 0 Å². The predicted octanol–water partition coefficient (Wildman–Crippen LogP) is 2.71. The molecule has 1 heterocycles. The van der Waals surface area contributed by atoms with Gasteiger partial charge < -0.3 is 5.73 Å². The van der Waals surface area contributed by atoms with Crippen LogP contribution in [0.3, 0.4) is 0 Å². The zero-order chi connectivity index (χ0) is 10.2. The molecule has 0 spiro atoms. The van der Waals surface area contributed by atoms with Gasteiger partial charge in [-0.3, -0.25) is 4.98 Å². The summed E-state index contributed by atoms with van der Waals surface area (Å²) >= 11 is 3.18. The van der Waals surface area contributed by atoms with Crippen LogP contribution in [0.25, 0.3) is 0 Å². The molecule has 1 saturated carbocycles. The van der Waals surface area contributed by atoms with Crippen LogP contribution in [0.4, 0.5) is 4.39 Å². The molecule has 0 atom stereocenters. The summed E-state index contributed by atoms with van der Waals surface area (Å²) in [5, 5.41) is 0. The van der Waals surface area contributed by atoms with Gasteiger partial charge in [-0.1, -0.05) is 12.8 Å². The Morgan fingerprint density at radius 3 is 2.64 bits per heavy atom. The molecule has 0 radical (unpaired) electrons. The van der Waals surface area contributed by atoms with Gasteiger partial charge in [-0.15, -0.1) is 0 Å². The van der Waals surface area contributed by atoms with Crippen molar-refractivity contribution in [2.24, 2.45) is 5.73 Å². The van der Waals surface area contributed by atoms with Gasteiger partial charge >= 0.3 is 0 Å². The van der Waals surface area contributed by atoms with E-state index in [1.54, 1.807) is 6.20 Å². The van der Waals surface area contributed by atoms with Crippen molar-refractivity contribution in [1.82, 2.24) is 4.98 Å². The van der Waals surface area contributed by atoms with Crippen molar-refractivity contribution in [3.8, 4) is 0 Å². The van der Waals surface area contributed by atoms with Crippen molar-refractivity contribution in [3.63, 3.8) is 0 Å². The Kier molecular flexibility index (Phi) is 2.58. The van der Waals surface area contributed by atoms with E-state index < -0.39 is 5.54 Å². The number of nitrogens with zero attached hydrogens (tertiary/aromatic N) is 1. The lowest BCUT2D eigenvalue weighted by molar-refractivity contribution is 0.417. The second-order valence-electron chi connectivity index (χ2n) is 3.85. The van der Waals surface area contributed by atoms with E-state index >= 15 is 0 Å². The van der Waals surface area contributed by atoms with Gasteiger partial charge in [0.05, 0.1) is 11.2 Å². The first-order chi connectivity index (χ1) is 6.62. The number of nitrogens with two attached hydrogens (primary N) is 1. The molecule has 0 saturated heterocycles. The Morgan fingerprint density at radius 1 is 1.43 bits per heavy atom. The fourth-order valence-electron chi connectivity index (χ4n) is 2.02. The van der Waals surface area contributed by atoms with Gasteiger partial charge in [0.25, 0.3) is 0 Å². The van der Waals surface area contributed by atoms with E-state index in [1.807, 2.05) is 0 Å². The number of pyridine rings is 1. The van der Waals surface area contributed by atoms with Crippen LogP contribution in [-0.4, -0.2) is 4.98 Å². The molecule has 1 aliphatic carbocycles. The summed E-state index contributed by atoms with van der Waals surface area (Å²) in [4.78, 5) is 4.08. The van der Waals surface area contributed by atoms with Gasteiger partial charge in [0.15, 0.2) is 0 Å². The van der Waals surface area contributed by atoms with Crippen molar-refractivity contribution in [2.45, 2.75) is 31.2 Å². The maximum atomic E-state index is 13.6. The molecule has 1 aromatic rings. The van der Waals surface area contributed by atoms with Gasteiger partial charge in [-0.05, 0) is 34.8 Å². The van der Waals surface area contributed by atoms with Crippen LogP contribution < -0.4 is 5.73 Å². The highest BCUT2D eigenvalue weighted by Gasteiger charge is 2.34. The van der Waals surface area contributed by atoms with Crippen LogP contribution in [-0.2, 0) is 5.54 Å². The van der Waals surface area contributed by atoms with Gasteiger partial charge in [-0.25, -0.2) is 4.39 Å². The fourth-order valence-corrected chi connectivity index (χ4v) is 2.33. The second-order valence-corrected chi connectivity index (χ2v) is 4.76. The zero-order valence-corrected chi connectivity index (χ0v) is 9.35. The first kappa shape index (κ1) is 10.1. The molecule has 2 rings (SSSR count). The number of hydrogen-bond acceptors (Lipinski definition) is 2. The van der Waals surface area contributed by atoms with Crippen LogP contribution >= 0.6 is 15.9 Å². The van der Waals surface area contributed by atoms with Crippen molar-refractivity contribution in [3.05, 3.63) is 28.2 Å². The Morgan fingerprint density at radius 2 is 2.07 bits per heavy atom. The fraction of sp³-hybridized carbons (Fsp3) is 0.500. The van der Waals surface area contributed by atoms with E-state index in [4.69, 9.17) is 5.73 Å². The summed E-state index contributed by atoms with van der Waals surface area (Å²) in [5.74, 6) is -0.302. The minimum atomic E-state index is -0.537. The van der Waals surface area contributed by atoms with Crippen molar-refractivity contribution >= 4 is 15.9 Å². The lowest BCUT2D eigenvalue weighted by Gasteiger charge is -2.23. The minimum Gasteiger partial charge on any atom is -0.320 e. The van der Waals surface area contributed by atoms with Crippen LogP contribution in [0.2, 0.25) is 0 Å². The Labute approximate surface area is 90.8 Å². The zero-order valence-electron chi connectivity index (χ0n) is 7.76. The molecule has 0 aromatic carbocycles. The maximum Gasteiger partial charge on any atom is 0.147 e. The second kappa shape index (κ2) is 3.59. The van der Waals surface area contributed by atoms with Crippen molar-refractivity contribution < 1.29 is 4.39 Å². The van der Waals surface area contributed by atoms with Crippen LogP contribution in [0.15, 0.2) is 16.7 Å². The Bertz CT molecular complexity index is 348. The molecule has 2 N–H and O–H groups in total. The van der Waals surface area contributed by atoms with E-state index in [1.165, 1.54) is 6.07 Å². The number of hydrogen-bond donors (Lipinski definition) is 1. The van der Waals surface area contributed by atoms with Crippen LogP contribution in [0.1, 0.15) is 31.4 Å². The third-order valence-electron chi connectivity index (χ3n) is 2.78. The molecule has 0 unspecified atom stereocenters. The van der Waals surface area contributed by atoms with Gasteiger partial charge in [0.1, 0.15) is 5.82 Å². The SMILES string of the molecule is NC1(c2ncc(Br)cc2F)CCCC1. The van der Waals surface area contributed by atoms with Crippen molar-refractivity contribution in [1.29, 1.82) is 0 Å². The highest BCUT2D eigenvalue weighted by atomic mass is 79.9. The summed E-state index contributed by atoms with van der Waals surface area (Å²) in [5.41, 5.74) is 5.99. The van der Waals surface area contributed by atoms with Gasteiger partial charge in [-0.2, -0.15) is 0 Å². The monoisotopic (exact) mass is 258 g/mol. The van der Waals surface area contributed by atoms with E-state index in [0.717, 1.165) is 25.7 Å². The van der Waals surface area contributed by atoms with E-state index in [9.17, 15) is 4.39 Å². The molecule has 2 nitrogen and oxygen atoms in total. The molecule has 4 heteroatoms. The standard InChI is InChI=1S/C10H12BrFN2/c11-7-5-8(12)9(14-6-7)10(13)3-1-2-4-10/h5-6H,1-4,13H2. The molecule has 14 heavy (non-hydrogen) atoms. The number of rotatable bonds is 1. The normalized spacial score (nSPS) is 19.9. The summed E-state index contributed by atoms with van der Waals surface area (Å²) < 4.78 is 14.2. The highest BCUT2D eigenvalue weighted by molar-refractivity contribution is 9.10. The molecular weight excluding hydrogens is 247 g/mol. The van der Waals surface area contributed by atoms with Gasteiger partial charge in [0, 0.05) is 10.7 Å². The highest BCUT2D eigenvalue weighted by Crippen LogP contribution is 2.36. The maximum absolute atomic E-state index is 13.6. The molecule has 0 aliphatic heterocycles. The number of halogens is 2. The molecule has 1 fully saturated rings. The predicted molar refractivity (Wildman–Crippen MR) is 56.2 cm³/mol. The third kappa shape index (κ3) is 1.68. The van der Waals surface area contributed by atoms with E-state index in [2.05, 4.69) is 20.9 Å². The molecule has 1 aliphatic rings. The average Bonchev–Trinajstić information content (AvgIpc) is 2.52. The largest absolute Gasteiger partial charge is 0.320 e. The molecule has 76 valence electrons. The Balaban J connectivity index is 2.40. The van der Waals surface area contributed by atoms with E-state index in [-0.39, 0.29) is 5.82 Å². The summed E-state index contributed by atoms with van der Waals surface area (Å²) in [6.07, 6.45) is 5.39. The quantitative estimate of drug-likeness (QED) is 0.842. The lowest BCUT2D eigenvalue weighted by Crippen LogP contribution is -2.35. The average molecular weight is 259 g/mol. The Hall–Kier alpha value is -0.480. The number of aromatic nitrogens is 1. The molecular formula is C10H12BrFN2. The van der Waals surface area contributed by atoms with E-state index in [0.29, 0.717) is 10.2 Å². The van der Waals surface area contributed by atoms with Crippen molar-refractivity contribution in [2.75, 3.05) is 0 Å².